The van der Waals surface area contributed by atoms with E-state index < -0.39 is 4.92 Å². The summed E-state index contributed by atoms with van der Waals surface area (Å²) in [6, 6.07) is 13.8. The number of hydrogen-bond acceptors (Lipinski definition) is 9. The Balaban J connectivity index is 1.56. The molecule has 1 saturated heterocycles. The average Bonchev–Trinajstić information content (AvgIpc) is 3.10. The van der Waals surface area contributed by atoms with Gasteiger partial charge in [0.25, 0.3) is 5.69 Å². The molecule has 0 unspecified atom stereocenters. The lowest BCUT2D eigenvalue weighted by Crippen LogP contribution is -2.26. The standard InChI is InChI=1S/C22H23BrN8O2/c23-17-7-5-16(6-8-17)15-24-29-21-26-20(25-18-9-11-19(12-10-18)31(32)33)27-22(28-21)30-13-3-1-2-4-14-30/h5-12,15H,1-4,13-14H2,(H2,25,26,27,28,29)/b24-15+. The van der Waals surface area contributed by atoms with Crippen molar-refractivity contribution >= 4 is 51.4 Å². The number of nitro groups is 1. The molecule has 33 heavy (non-hydrogen) atoms. The van der Waals surface area contributed by atoms with E-state index in [1.807, 2.05) is 24.3 Å². The van der Waals surface area contributed by atoms with Crippen molar-refractivity contribution in [2.45, 2.75) is 25.7 Å². The molecule has 1 aliphatic heterocycles. The normalized spacial score (nSPS) is 14.2. The predicted octanol–water partition coefficient (Wildman–Crippen LogP) is 5.11. The van der Waals surface area contributed by atoms with Gasteiger partial charge in [0.2, 0.25) is 17.8 Å². The zero-order valence-corrected chi connectivity index (χ0v) is 19.4. The first-order valence-electron chi connectivity index (χ1n) is 10.6. The van der Waals surface area contributed by atoms with E-state index >= 15 is 0 Å². The Bertz CT molecular complexity index is 1110. The van der Waals surface area contributed by atoms with Gasteiger partial charge in [-0.15, -0.1) is 0 Å². The summed E-state index contributed by atoms with van der Waals surface area (Å²) in [7, 11) is 0. The quantitative estimate of drug-likeness (QED) is 0.255. The minimum absolute atomic E-state index is 0.0195. The van der Waals surface area contributed by atoms with E-state index in [-0.39, 0.29) is 5.69 Å². The molecule has 0 atom stereocenters. The summed E-state index contributed by atoms with van der Waals surface area (Å²) in [4.78, 5) is 26.2. The molecule has 11 heteroatoms. The van der Waals surface area contributed by atoms with Gasteiger partial charge in [-0.25, -0.2) is 5.43 Å². The first kappa shape index (κ1) is 22.6. The lowest BCUT2D eigenvalue weighted by molar-refractivity contribution is -0.384. The molecular weight excluding hydrogens is 488 g/mol. The number of nitrogens with zero attached hydrogens (tertiary/aromatic N) is 6. The van der Waals surface area contributed by atoms with Crippen molar-refractivity contribution in [2.75, 3.05) is 28.7 Å². The highest BCUT2D eigenvalue weighted by Gasteiger charge is 2.16. The van der Waals surface area contributed by atoms with Crippen molar-refractivity contribution in [1.29, 1.82) is 0 Å². The Morgan fingerprint density at radius 1 is 0.939 bits per heavy atom. The second-order valence-corrected chi connectivity index (χ2v) is 8.45. The molecule has 4 rings (SSSR count). The zero-order valence-electron chi connectivity index (χ0n) is 17.8. The summed E-state index contributed by atoms with van der Waals surface area (Å²) in [5.41, 5.74) is 4.48. The SMILES string of the molecule is O=[N+]([O-])c1ccc(Nc2nc(N/N=C/c3ccc(Br)cc3)nc(N3CCCCCC3)n2)cc1. The van der Waals surface area contributed by atoms with Gasteiger partial charge >= 0.3 is 0 Å². The van der Waals surface area contributed by atoms with Crippen molar-refractivity contribution in [3.63, 3.8) is 0 Å². The maximum Gasteiger partial charge on any atom is 0.269 e. The monoisotopic (exact) mass is 510 g/mol. The number of rotatable bonds is 7. The van der Waals surface area contributed by atoms with Gasteiger partial charge in [0, 0.05) is 35.4 Å². The summed E-state index contributed by atoms with van der Waals surface area (Å²) in [5, 5.41) is 18.3. The largest absolute Gasteiger partial charge is 0.341 e. The Morgan fingerprint density at radius 2 is 1.61 bits per heavy atom. The van der Waals surface area contributed by atoms with Gasteiger partial charge in [-0.05, 0) is 42.7 Å². The van der Waals surface area contributed by atoms with Crippen LogP contribution in [0.2, 0.25) is 0 Å². The lowest BCUT2D eigenvalue weighted by Gasteiger charge is -2.21. The highest BCUT2D eigenvalue weighted by Crippen LogP contribution is 2.22. The fourth-order valence-electron chi connectivity index (χ4n) is 3.39. The maximum atomic E-state index is 10.9. The number of aromatic nitrogens is 3. The molecule has 0 aliphatic carbocycles. The Kier molecular flexibility index (Phi) is 7.40. The van der Waals surface area contributed by atoms with Crippen LogP contribution in [0.15, 0.2) is 58.1 Å². The first-order chi connectivity index (χ1) is 16.1. The van der Waals surface area contributed by atoms with Crippen LogP contribution >= 0.6 is 15.9 Å². The topological polar surface area (TPSA) is 121 Å². The molecule has 2 aromatic carbocycles. The molecular formula is C22H23BrN8O2. The number of hydrogen-bond donors (Lipinski definition) is 2. The summed E-state index contributed by atoms with van der Waals surface area (Å²) in [6.45, 7) is 1.76. The highest BCUT2D eigenvalue weighted by molar-refractivity contribution is 9.10. The number of non-ortho nitro benzene ring substituents is 1. The van der Waals surface area contributed by atoms with Gasteiger partial charge in [0.05, 0.1) is 11.1 Å². The van der Waals surface area contributed by atoms with E-state index in [0.717, 1.165) is 36.0 Å². The van der Waals surface area contributed by atoms with E-state index in [4.69, 9.17) is 0 Å². The maximum absolute atomic E-state index is 10.9. The van der Waals surface area contributed by atoms with Gasteiger partial charge in [0.15, 0.2) is 0 Å². The Hall–Kier alpha value is -3.60. The second-order valence-electron chi connectivity index (χ2n) is 7.53. The molecule has 170 valence electrons. The zero-order chi connectivity index (χ0) is 23.0. The molecule has 1 fully saturated rings. The number of anilines is 4. The molecule has 0 amide bonds. The van der Waals surface area contributed by atoms with Crippen LogP contribution in [0.1, 0.15) is 31.2 Å². The Morgan fingerprint density at radius 3 is 2.27 bits per heavy atom. The third-order valence-electron chi connectivity index (χ3n) is 5.09. The molecule has 1 aromatic heterocycles. The summed E-state index contributed by atoms with van der Waals surface area (Å²) in [5.74, 6) is 1.21. The summed E-state index contributed by atoms with van der Waals surface area (Å²) in [6.07, 6.45) is 6.24. The highest BCUT2D eigenvalue weighted by atomic mass is 79.9. The number of hydrazone groups is 1. The number of benzene rings is 2. The van der Waals surface area contributed by atoms with Crippen LogP contribution in [0, 0.1) is 10.1 Å². The number of nitrogens with one attached hydrogen (secondary N) is 2. The minimum atomic E-state index is -0.435. The van der Waals surface area contributed by atoms with Crippen LogP contribution in [-0.2, 0) is 0 Å². The van der Waals surface area contributed by atoms with Crippen LogP contribution in [0.4, 0.5) is 29.2 Å². The number of halogens is 1. The van der Waals surface area contributed by atoms with Crippen LogP contribution < -0.4 is 15.6 Å². The van der Waals surface area contributed by atoms with Gasteiger partial charge in [-0.3, -0.25) is 10.1 Å². The van der Waals surface area contributed by atoms with E-state index in [9.17, 15) is 10.1 Å². The Labute approximate surface area is 199 Å². The fourth-order valence-corrected chi connectivity index (χ4v) is 3.66. The lowest BCUT2D eigenvalue weighted by atomic mass is 10.2. The molecule has 0 bridgehead atoms. The van der Waals surface area contributed by atoms with Gasteiger partial charge in [-0.2, -0.15) is 20.1 Å². The molecule has 0 spiro atoms. The average molecular weight is 511 g/mol. The molecule has 3 aromatic rings. The smallest absolute Gasteiger partial charge is 0.269 e. The van der Waals surface area contributed by atoms with E-state index in [1.165, 1.54) is 25.0 Å². The minimum Gasteiger partial charge on any atom is -0.341 e. The molecule has 1 aliphatic rings. The molecule has 10 nitrogen and oxygen atoms in total. The molecule has 0 saturated carbocycles. The van der Waals surface area contributed by atoms with Crippen molar-refractivity contribution in [3.8, 4) is 0 Å². The molecule has 2 N–H and O–H groups in total. The van der Waals surface area contributed by atoms with Crippen molar-refractivity contribution < 1.29 is 4.92 Å². The van der Waals surface area contributed by atoms with E-state index in [1.54, 1.807) is 18.3 Å². The second kappa shape index (κ2) is 10.8. The van der Waals surface area contributed by atoms with Crippen LogP contribution in [0.5, 0.6) is 0 Å². The number of nitro benzene ring substituents is 1. The van der Waals surface area contributed by atoms with E-state index in [0.29, 0.717) is 23.5 Å². The summed E-state index contributed by atoms with van der Waals surface area (Å²) >= 11 is 3.42. The van der Waals surface area contributed by atoms with Crippen LogP contribution in [-0.4, -0.2) is 39.2 Å². The first-order valence-corrected chi connectivity index (χ1v) is 11.4. The van der Waals surface area contributed by atoms with Gasteiger partial charge in [-0.1, -0.05) is 40.9 Å². The van der Waals surface area contributed by atoms with Gasteiger partial charge < -0.3 is 10.2 Å². The third kappa shape index (κ3) is 6.45. The van der Waals surface area contributed by atoms with Crippen molar-refractivity contribution in [1.82, 2.24) is 15.0 Å². The fraction of sp³-hybridized carbons (Fsp3) is 0.273. The molecule has 0 radical (unpaired) electrons. The van der Waals surface area contributed by atoms with Gasteiger partial charge in [0.1, 0.15) is 0 Å². The van der Waals surface area contributed by atoms with Crippen molar-refractivity contribution in [3.05, 3.63) is 68.7 Å². The van der Waals surface area contributed by atoms with Crippen molar-refractivity contribution in [2.24, 2.45) is 5.10 Å². The van der Waals surface area contributed by atoms with Crippen LogP contribution in [0.25, 0.3) is 0 Å². The summed E-state index contributed by atoms with van der Waals surface area (Å²) < 4.78 is 0.995. The molecule has 2 heterocycles. The third-order valence-corrected chi connectivity index (χ3v) is 5.62. The van der Waals surface area contributed by atoms with Crippen LogP contribution in [0.3, 0.4) is 0 Å². The van der Waals surface area contributed by atoms with E-state index in [2.05, 4.69) is 51.6 Å². The predicted molar refractivity (Wildman–Crippen MR) is 132 cm³/mol.